The third kappa shape index (κ3) is 6.09. The van der Waals surface area contributed by atoms with Crippen molar-refractivity contribution in [3.8, 4) is 5.75 Å². The number of carbonyl (C=O) groups is 2. The molecule has 2 aromatic carbocycles. The highest BCUT2D eigenvalue weighted by atomic mass is 32.1. The molecule has 0 aliphatic heterocycles. The van der Waals surface area contributed by atoms with Crippen LogP contribution in [0.1, 0.15) is 20.8 Å². The molecule has 9 nitrogen and oxygen atoms in total. The molecule has 1 aromatic heterocycles. The van der Waals surface area contributed by atoms with Crippen LogP contribution in [0, 0.1) is 10.1 Å². The molecule has 2 amide bonds. The minimum atomic E-state index is -0.660. The lowest BCUT2D eigenvalue weighted by Gasteiger charge is -2.09. The maximum absolute atomic E-state index is 12.7. The molecule has 0 bridgehead atoms. The zero-order valence-electron chi connectivity index (χ0n) is 16.8. The maximum atomic E-state index is 12.7. The van der Waals surface area contributed by atoms with Crippen LogP contribution >= 0.6 is 11.3 Å². The second-order valence-electron chi connectivity index (χ2n) is 6.28. The van der Waals surface area contributed by atoms with Crippen molar-refractivity contribution in [2.24, 2.45) is 5.10 Å². The molecule has 0 saturated heterocycles. The van der Waals surface area contributed by atoms with Gasteiger partial charge in [-0.05, 0) is 42.0 Å². The number of benzene rings is 2. The zero-order chi connectivity index (χ0) is 22.9. The van der Waals surface area contributed by atoms with Crippen LogP contribution in [0.4, 0.5) is 5.00 Å². The Labute approximate surface area is 187 Å². The van der Waals surface area contributed by atoms with Gasteiger partial charge in [0.2, 0.25) is 0 Å². The van der Waals surface area contributed by atoms with E-state index >= 15 is 0 Å². The first kappa shape index (κ1) is 22.4. The van der Waals surface area contributed by atoms with Crippen molar-refractivity contribution in [1.29, 1.82) is 0 Å². The Morgan fingerprint density at radius 3 is 2.41 bits per heavy atom. The van der Waals surface area contributed by atoms with Gasteiger partial charge in [0.15, 0.2) is 0 Å². The average Bonchev–Trinajstić information content (AvgIpc) is 3.29. The number of nitrogens with one attached hydrogen (secondary N) is 2. The summed E-state index contributed by atoms with van der Waals surface area (Å²) < 4.78 is 5.13. The lowest BCUT2D eigenvalue weighted by molar-refractivity contribution is -0.380. The summed E-state index contributed by atoms with van der Waals surface area (Å²) in [6.45, 7) is 0. The third-order valence-corrected chi connectivity index (χ3v) is 5.08. The Hall–Kier alpha value is -4.31. The van der Waals surface area contributed by atoms with E-state index in [9.17, 15) is 19.7 Å². The number of hydrazone groups is 1. The number of thiophene rings is 1. The summed E-state index contributed by atoms with van der Waals surface area (Å²) in [4.78, 5) is 36.0. The van der Waals surface area contributed by atoms with Gasteiger partial charge in [0.05, 0.1) is 23.1 Å². The molecule has 0 aliphatic rings. The molecule has 0 atom stereocenters. The highest BCUT2D eigenvalue weighted by Crippen LogP contribution is 2.22. The van der Waals surface area contributed by atoms with Crippen LogP contribution in [0.15, 0.2) is 77.5 Å². The van der Waals surface area contributed by atoms with E-state index in [4.69, 9.17) is 4.74 Å². The molecule has 3 rings (SSSR count). The number of methoxy groups -OCH3 is 1. The Morgan fingerprint density at radius 1 is 1.06 bits per heavy atom. The smallest absolute Gasteiger partial charge is 0.324 e. The van der Waals surface area contributed by atoms with Crippen LogP contribution in [0.5, 0.6) is 5.75 Å². The van der Waals surface area contributed by atoms with E-state index in [2.05, 4.69) is 15.8 Å². The first-order valence-electron chi connectivity index (χ1n) is 9.26. The average molecular weight is 450 g/mol. The van der Waals surface area contributed by atoms with Crippen molar-refractivity contribution in [1.82, 2.24) is 10.7 Å². The molecule has 0 radical (unpaired) electrons. The van der Waals surface area contributed by atoms with Crippen LogP contribution in [0.2, 0.25) is 0 Å². The standard InChI is InChI=1S/C22H18N4O5S/c1-31-17-9-7-15(8-10-17)13-19(24-21(27)16-5-3-2-4-6-16)22(28)25-23-14-18-11-12-20(32-18)26(29)30/h2-14H,1H3,(H,24,27)(H,25,28)/b19-13+,23-14+. The van der Waals surface area contributed by atoms with Crippen molar-refractivity contribution in [2.45, 2.75) is 0 Å². The van der Waals surface area contributed by atoms with Gasteiger partial charge < -0.3 is 10.1 Å². The highest BCUT2D eigenvalue weighted by molar-refractivity contribution is 7.16. The van der Waals surface area contributed by atoms with Crippen molar-refractivity contribution in [3.63, 3.8) is 0 Å². The first-order valence-corrected chi connectivity index (χ1v) is 10.1. The molecule has 2 N–H and O–H groups in total. The molecule has 162 valence electrons. The molecule has 0 fully saturated rings. The maximum Gasteiger partial charge on any atom is 0.324 e. The van der Waals surface area contributed by atoms with Crippen LogP contribution in [-0.4, -0.2) is 30.1 Å². The molecule has 0 unspecified atom stereocenters. The van der Waals surface area contributed by atoms with E-state index in [1.54, 1.807) is 61.7 Å². The van der Waals surface area contributed by atoms with Gasteiger partial charge in [-0.15, -0.1) is 0 Å². The van der Waals surface area contributed by atoms with Gasteiger partial charge in [0.25, 0.3) is 11.8 Å². The normalized spacial score (nSPS) is 11.2. The molecule has 10 heteroatoms. The van der Waals surface area contributed by atoms with E-state index in [-0.39, 0.29) is 10.7 Å². The second-order valence-corrected chi connectivity index (χ2v) is 7.38. The van der Waals surface area contributed by atoms with Crippen molar-refractivity contribution in [3.05, 3.63) is 98.5 Å². The minimum absolute atomic E-state index is 0.0293. The Balaban J connectivity index is 1.78. The van der Waals surface area contributed by atoms with Crippen molar-refractivity contribution < 1.29 is 19.2 Å². The number of rotatable bonds is 8. The lowest BCUT2D eigenvalue weighted by atomic mass is 10.1. The fraction of sp³-hybridized carbons (Fsp3) is 0.0455. The number of nitro groups is 1. The van der Waals surface area contributed by atoms with Crippen molar-refractivity contribution in [2.75, 3.05) is 7.11 Å². The van der Waals surface area contributed by atoms with E-state index in [0.717, 1.165) is 11.3 Å². The van der Waals surface area contributed by atoms with Crippen molar-refractivity contribution >= 4 is 40.4 Å². The predicted molar refractivity (Wildman–Crippen MR) is 122 cm³/mol. The van der Waals surface area contributed by atoms with Crippen LogP contribution in [0.3, 0.4) is 0 Å². The van der Waals surface area contributed by atoms with E-state index in [0.29, 0.717) is 21.8 Å². The molecule has 0 saturated carbocycles. The van der Waals surface area contributed by atoms with E-state index in [1.807, 2.05) is 0 Å². The van der Waals surface area contributed by atoms with Gasteiger partial charge in [-0.25, -0.2) is 5.43 Å². The van der Waals surface area contributed by atoms with Gasteiger partial charge in [0.1, 0.15) is 11.4 Å². The number of nitrogens with zero attached hydrogens (tertiary/aromatic N) is 2. The Morgan fingerprint density at radius 2 is 1.78 bits per heavy atom. The van der Waals surface area contributed by atoms with Gasteiger partial charge >= 0.3 is 5.00 Å². The molecular formula is C22H18N4O5S. The van der Waals surface area contributed by atoms with Crippen LogP contribution in [0.25, 0.3) is 6.08 Å². The predicted octanol–water partition coefficient (Wildman–Crippen LogP) is 3.59. The number of hydrogen-bond acceptors (Lipinski definition) is 7. The molecule has 3 aromatic rings. The SMILES string of the molecule is COc1ccc(/C=C(/NC(=O)c2ccccc2)C(=O)N/N=C/c2ccc([N+](=O)[O-])s2)cc1. The summed E-state index contributed by atoms with van der Waals surface area (Å²) >= 11 is 0.919. The van der Waals surface area contributed by atoms with E-state index < -0.39 is 16.7 Å². The lowest BCUT2D eigenvalue weighted by Crippen LogP contribution is -2.32. The monoisotopic (exact) mass is 450 g/mol. The third-order valence-electron chi connectivity index (χ3n) is 4.11. The summed E-state index contributed by atoms with van der Waals surface area (Å²) in [5.41, 5.74) is 3.34. The van der Waals surface area contributed by atoms with Gasteiger partial charge in [-0.2, -0.15) is 5.10 Å². The summed E-state index contributed by atoms with van der Waals surface area (Å²) in [6.07, 6.45) is 2.79. The van der Waals surface area contributed by atoms with E-state index in [1.165, 1.54) is 24.4 Å². The Kier molecular flexibility index (Phi) is 7.44. The molecule has 0 spiro atoms. The quantitative estimate of drug-likeness (QED) is 0.235. The fourth-order valence-electron chi connectivity index (χ4n) is 2.53. The van der Waals surface area contributed by atoms with Gasteiger partial charge in [-0.1, -0.05) is 41.7 Å². The summed E-state index contributed by atoms with van der Waals surface area (Å²) in [6, 6.07) is 18.2. The number of ether oxygens (including phenoxy) is 1. The molecule has 0 aliphatic carbocycles. The summed E-state index contributed by atoms with van der Waals surface area (Å²) in [7, 11) is 1.55. The van der Waals surface area contributed by atoms with Crippen LogP contribution < -0.4 is 15.5 Å². The molecule has 32 heavy (non-hydrogen) atoms. The second kappa shape index (κ2) is 10.6. The summed E-state index contributed by atoms with van der Waals surface area (Å²) in [5.74, 6) is -0.470. The molecule has 1 heterocycles. The molecular weight excluding hydrogens is 432 g/mol. The van der Waals surface area contributed by atoms with Crippen LogP contribution in [-0.2, 0) is 4.79 Å². The minimum Gasteiger partial charge on any atom is -0.497 e. The number of carbonyl (C=O) groups excluding carboxylic acids is 2. The highest BCUT2D eigenvalue weighted by Gasteiger charge is 2.14. The fourth-order valence-corrected chi connectivity index (χ4v) is 3.23. The largest absolute Gasteiger partial charge is 0.497 e. The van der Waals surface area contributed by atoms with Gasteiger partial charge in [-0.3, -0.25) is 19.7 Å². The zero-order valence-corrected chi connectivity index (χ0v) is 17.7. The first-order chi connectivity index (χ1) is 15.5. The van der Waals surface area contributed by atoms with Gasteiger partial charge in [0, 0.05) is 11.6 Å². The Bertz CT molecular complexity index is 1170. The topological polar surface area (TPSA) is 123 Å². The number of hydrogen-bond donors (Lipinski definition) is 2. The number of amides is 2. The summed E-state index contributed by atoms with van der Waals surface area (Å²) in [5, 5.41) is 17.2.